The van der Waals surface area contributed by atoms with Gasteiger partial charge in [0.2, 0.25) is 5.13 Å². The fourth-order valence-electron chi connectivity index (χ4n) is 1.57. The maximum absolute atomic E-state index is 5.50. The molecule has 72 valence electrons. The van der Waals surface area contributed by atoms with E-state index in [0.717, 1.165) is 16.0 Å². The molecule has 0 spiro atoms. The molecule has 0 atom stereocenters. The van der Waals surface area contributed by atoms with Crippen LogP contribution >= 0.6 is 23.1 Å². The summed E-state index contributed by atoms with van der Waals surface area (Å²) in [7, 11) is 0. The first-order valence-corrected chi connectivity index (χ1v) is 6.40. The van der Waals surface area contributed by atoms with E-state index in [0.29, 0.717) is 5.13 Å². The Bertz CT molecular complexity index is 268. The average molecular weight is 215 g/mol. The van der Waals surface area contributed by atoms with Gasteiger partial charge in [-0.3, -0.25) is 0 Å². The second-order valence-corrected chi connectivity index (χ2v) is 5.63. The van der Waals surface area contributed by atoms with Crippen LogP contribution in [0.4, 0.5) is 5.13 Å². The molecule has 0 aliphatic heterocycles. The molecule has 0 saturated heterocycles. The number of hydrogen-bond acceptors (Lipinski definition) is 5. The molecule has 1 aliphatic carbocycles. The summed E-state index contributed by atoms with van der Waals surface area (Å²) < 4.78 is 0. The molecule has 0 aromatic carbocycles. The van der Waals surface area contributed by atoms with Crippen molar-refractivity contribution in [3.8, 4) is 0 Å². The Morgan fingerprint density at radius 1 is 1.38 bits per heavy atom. The van der Waals surface area contributed by atoms with Crippen molar-refractivity contribution in [1.29, 1.82) is 0 Å². The zero-order valence-corrected chi connectivity index (χ0v) is 9.03. The molecule has 2 rings (SSSR count). The fraction of sp³-hybridized carbons (Fsp3) is 0.750. The number of nitrogens with two attached hydrogens (primary N) is 1. The average Bonchev–Trinajstić information content (AvgIpc) is 2.71. The summed E-state index contributed by atoms with van der Waals surface area (Å²) in [6.45, 7) is 0. The van der Waals surface area contributed by atoms with Crippen molar-refractivity contribution in [3.05, 3.63) is 5.01 Å². The zero-order valence-electron chi connectivity index (χ0n) is 7.40. The molecule has 0 radical (unpaired) electrons. The topological polar surface area (TPSA) is 51.8 Å². The number of anilines is 1. The highest BCUT2D eigenvalue weighted by Crippen LogP contribution is 2.32. The zero-order chi connectivity index (χ0) is 9.10. The van der Waals surface area contributed by atoms with Gasteiger partial charge in [0.25, 0.3) is 0 Å². The minimum Gasteiger partial charge on any atom is -0.374 e. The molecular formula is C8H13N3S2. The van der Waals surface area contributed by atoms with Gasteiger partial charge in [-0.25, -0.2) is 0 Å². The number of rotatable bonds is 3. The van der Waals surface area contributed by atoms with Gasteiger partial charge in [-0.15, -0.1) is 10.2 Å². The number of aromatic nitrogens is 2. The van der Waals surface area contributed by atoms with E-state index < -0.39 is 0 Å². The molecule has 5 heteroatoms. The molecule has 1 aromatic heterocycles. The summed E-state index contributed by atoms with van der Waals surface area (Å²) in [6.07, 6.45) is 5.55. The monoisotopic (exact) mass is 215 g/mol. The molecule has 0 bridgehead atoms. The summed E-state index contributed by atoms with van der Waals surface area (Å²) >= 11 is 3.51. The maximum Gasteiger partial charge on any atom is 0.203 e. The lowest BCUT2D eigenvalue weighted by atomic mass is 10.4. The van der Waals surface area contributed by atoms with Gasteiger partial charge in [-0.05, 0) is 12.8 Å². The Hall–Kier alpha value is -0.290. The highest BCUT2D eigenvalue weighted by Gasteiger charge is 2.15. The third-order valence-corrected chi connectivity index (χ3v) is 4.55. The standard InChI is InChI=1S/C8H13N3S2/c9-8-11-10-7(13-8)5-12-6-3-1-2-4-6/h6H,1-5H2,(H2,9,11). The predicted octanol–water partition coefficient (Wildman–Crippen LogP) is 2.30. The van der Waals surface area contributed by atoms with Crippen LogP contribution in [0.3, 0.4) is 0 Å². The van der Waals surface area contributed by atoms with Crippen LogP contribution in [-0.2, 0) is 5.75 Å². The predicted molar refractivity (Wildman–Crippen MR) is 57.9 cm³/mol. The number of hydrogen-bond donors (Lipinski definition) is 1. The third kappa shape index (κ3) is 2.57. The van der Waals surface area contributed by atoms with Crippen LogP contribution in [0.2, 0.25) is 0 Å². The van der Waals surface area contributed by atoms with E-state index in [-0.39, 0.29) is 0 Å². The second kappa shape index (κ2) is 4.28. The van der Waals surface area contributed by atoms with E-state index in [9.17, 15) is 0 Å². The lowest BCUT2D eigenvalue weighted by Gasteiger charge is -2.05. The first kappa shape index (κ1) is 9.27. The summed E-state index contributed by atoms with van der Waals surface area (Å²) in [5.41, 5.74) is 5.50. The Labute approximate surface area is 86.1 Å². The van der Waals surface area contributed by atoms with Crippen molar-refractivity contribution in [1.82, 2.24) is 10.2 Å². The van der Waals surface area contributed by atoms with Crippen LogP contribution in [0.25, 0.3) is 0 Å². The van der Waals surface area contributed by atoms with Crippen LogP contribution in [0.5, 0.6) is 0 Å². The van der Waals surface area contributed by atoms with Gasteiger partial charge >= 0.3 is 0 Å². The highest BCUT2D eigenvalue weighted by atomic mass is 32.2. The summed E-state index contributed by atoms with van der Waals surface area (Å²) in [6, 6.07) is 0. The molecular weight excluding hydrogens is 202 g/mol. The number of nitrogen functional groups attached to an aromatic ring is 1. The van der Waals surface area contributed by atoms with Crippen LogP contribution in [0.1, 0.15) is 30.7 Å². The molecule has 1 saturated carbocycles. The van der Waals surface area contributed by atoms with Crippen molar-refractivity contribution in [2.45, 2.75) is 36.7 Å². The van der Waals surface area contributed by atoms with Crippen LogP contribution in [0, 0.1) is 0 Å². The quantitative estimate of drug-likeness (QED) is 0.840. The number of thioether (sulfide) groups is 1. The van der Waals surface area contributed by atoms with Gasteiger partial charge < -0.3 is 5.73 Å². The van der Waals surface area contributed by atoms with Crippen molar-refractivity contribution in [2.24, 2.45) is 0 Å². The van der Waals surface area contributed by atoms with E-state index in [1.807, 2.05) is 11.8 Å². The van der Waals surface area contributed by atoms with Gasteiger partial charge in [-0.1, -0.05) is 24.2 Å². The van der Waals surface area contributed by atoms with E-state index in [1.165, 1.54) is 37.0 Å². The van der Waals surface area contributed by atoms with Gasteiger partial charge in [-0.2, -0.15) is 11.8 Å². The molecule has 0 amide bonds. The van der Waals surface area contributed by atoms with Gasteiger partial charge in [0.05, 0.1) is 0 Å². The summed E-state index contributed by atoms with van der Waals surface area (Å²) in [5.74, 6) is 0.986. The van der Waals surface area contributed by atoms with Gasteiger partial charge in [0.1, 0.15) is 5.01 Å². The summed E-state index contributed by atoms with van der Waals surface area (Å²) in [5, 5.41) is 10.3. The molecule has 1 aromatic rings. The van der Waals surface area contributed by atoms with E-state index >= 15 is 0 Å². The smallest absolute Gasteiger partial charge is 0.203 e. The van der Waals surface area contributed by atoms with E-state index in [4.69, 9.17) is 5.73 Å². The van der Waals surface area contributed by atoms with Crippen molar-refractivity contribution < 1.29 is 0 Å². The normalized spacial score (nSPS) is 18.2. The van der Waals surface area contributed by atoms with Crippen LogP contribution in [0.15, 0.2) is 0 Å². The largest absolute Gasteiger partial charge is 0.374 e. The highest BCUT2D eigenvalue weighted by molar-refractivity contribution is 7.99. The summed E-state index contributed by atoms with van der Waals surface area (Å²) in [4.78, 5) is 0. The fourth-order valence-corrected chi connectivity index (χ4v) is 3.52. The van der Waals surface area contributed by atoms with Crippen molar-refractivity contribution in [3.63, 3.8) is 0 Å². The molecule has 3 nitrogen and oxygen atoms in total. The van der Waals surface area contributed by atoms with E-state index in [2.05, 4.69) is 10.2 Å². The molecule has 1 fully saturated rings. The Morgan fingerprint density at radius 2 is 2.15 bits per heavy atom. The lowest BCUT2D eigenvalue weighted by Crippen LogP contribution is -1.94. The Kier molecular flexibility index (Phi) is 3.05. The van der Waals surface area contributed by atoms with E-state index in [1.54, 1.807) is 0 Å². The molecule has 1 heterocycles. The SMILES string of the molecule is Nc1nnc(CSC2CCCC2)s1. The lowest BCUT2D eigenvalue weighted by molar-refractivity contribution is 0.886. The van der Waals surface area contributed by atoms with Gasteiger partial charge in [0.15, 0.2) is 0 Å². The molecule has 0 unspecified atom stereocenters. The third-order valence-electron chi connectivity index (χ3n) is 2.23. The van der Waals surface area contributed by atoms with Crippen LogP contribution in [-0.4, -0.2) is 15.4 Å². The first-order chi connectivity index (χ1) is 6.34. The Balaban J connectivity index is 1.78. The van der Waals surface area contributed by atoms with Crippen molar-refractivity contribution in [2.75, 3.05) is 5.73 Å². The molecule has 13 heavy (non-hydrogen) atoms. The first-order valence-electron chi connectivity index (χ1n) is 4.54. The second-order valence-electron chi connectivity index (χ2n) is 3.25. The van der Waals surface area contributed by atoms with Gasteiger partial charge in [0, 0.05) is 11.0 Å². The minimum atomic E-state index is 0.585. The van der Waals surface area contributed by atoms with Crippen LogP contribution < -0.4 is 5.73 Å². The molecule has 2 N–H and O–H groups in total. The molecule has 1 aliphatic rings. The van der Waals surface area contributed by atoms with Crippen molar-refractivity contribution >= 4 is 28.2 Å². The Morgan fingerprint density at radius 3 is 2.77 bits per heavy atom. The maximum atomic E-state index is 5.50. The minimum absolute atomic E-state index is 0.585. The number of nitrogens with zero attached hydrogens (tertiary/aromatic N) is 2.